The zero-order valence-electron chi connectivity index (χ0n) is 28.4. The molecule has 236 valence electrons. The molecule has 2 aliphatic rings. The zero-order chi connectivity index (χ0) is 29.9. The molecule has 6 heteroatoms. The molecule has 0 amide bonds. The highest BCUT2D eigenvalue weighted by Gasteiger charge is 2.47. The lowest BCUT2D eigenvalue weighted by Gasteiger charge is -2.54. The number of piperidine rings is 1. The Balaban J connectivity index is 1.87. The van der Waals surface area contributed by atoms with Crippen LogP contribution in [0.5, 0.6) is 0 Å². The predicted octanol–water partition coefficient (Wildman–Crippen LogP) is 8.83. The number of hydrogen-bond donors (Lipinski definition) is 2. The van der Waals surface area contributed by atoms with E-state index in [2.05, 4.69) is 96.3 Å². The second-order valence-electron chi connectivity index (χ2n) is 15.1. The van der Waals surface area contributed by atoms with Gasteiger partial charge < -0.3 is 5.43 Å². The maximum Gasteiger partial charge on any atom is 0.0685 e. The second kappa shape index (κ2) is 16.3. The van der Waals surface area contributed by atoms with Gasteiger partial charge in [-0.1, -0.05) is 78.1 Å². The van der Waals surface area contributed by atoms with Crippen LogP contribution in [0.15, 0.2) is 11.8 Å². The molecule has 0 aromatic carbocycles. The van der Waals surface area contributed by atoms with Crippen LogP contribution >= 0.6 is 0 Å². The highest BCUT2D eigenvalue weighted by molar-refractivity contribution is 5.19. The third-order valence-electron chi connectivity index (χ3n) is 8.69. The van der Waals surface area contributed by atoms with Crippen LogP contribution in [0.4, 0.5) is 0 Å². The van der Waals surface area contributed by atoms with Crippen molar-refractivity contribution in [2.75, 3.05) is 13.2 Å². The van der Waals surface area contributed by atoms with Gasteiger partial charge in [0.25, 0.3) is 0 Å². The van der Waals surface area contributed by atoms with E-state index >= 15 is 0 Å². The van der Waals surface area contributed by atoms with Gasteiger partial charge in [0.15, 0.2) is 0 Å². The van der Waals surface area contributed by atoms with E-state index in [1.807, 2.05) is 0 Å². The number of rotatable bonds is 19. The number of nitrogens with one attached hydrogen (secondary N) is 2. The summed E-state index contributed by atoms with van der Waals surface area (Å²) >= 11 is 0. The van der Waals surface area contributed by atoms with E-state index in [-0.39, 0.29) is 22.2 Å². The molecule has 2 rings (SSSR count). The topological polar surface area (TPSA) is 49.0 Å². The maximum absolute atomic E-state index is 6.45. The SMILES string of the molecule is CCCCCCCCON1C(C)(C)C=C(NNC2CC(C)(C)N(OCCCCCCCC)C(C)(C)C2)CC1(C)C. The summed E-state index contributed by atoms with van der Waals surface area (Å²) < 4.78 is 0. The highest BCUT2D eigenvalue weighted by atomic mass is 16.7. The summed E-state index contributed by atoms with van der Waals surface area (Å²) in [5.74, 6) is 0. The quantitative estimate of drug-likeness (QED) is 0.121. The Morgan fingerprint density at radius 3 is 1.57 bits per heavy atom. The van der Waals surface area contributed by atoms with Crippen molar-refractivity contribution >= 4 is 0 Å². The molecule has 0 atom stereocenters. The van der Waals surface area contributed by atoms with Gasteiger partial charge >= 0.3 is 0 Å². The van der Waals surface area contributed by atoms with Crippen molar-refractivity contribution < 1.29 is 9.68 Å². The normalized spacial score (nSPS) is 22.8. The van der Waals surface area contributed by atoms with E-state index in [4.69, 9.17) is 9.68 Å². The summed E-state index contributed by atoms with van der Waals surface area (Å²) in [6.45, 7) is 24.6. The largest absolute Gasteiger partial charge is 0.326 e. The molecule has 0 radical (unpaired) electrons. The van der Waals surface area contributed by atoms with Gasteiger partial charge in [-0.05, 0) is 87.1 Å². The van der Waals surface area contributed by atoms with Crippen LogP contribution in [0.1, 0.15) is 166 Å². The van der Waals surface area contributed by atoms with Crippen molar-refractivity contribution in [2.24, 2.45) is 0 Å². The van der Waals surface area contributed by atoms with E-state index < -0.39 is 0 Å². The van der Waals surface area contributed by atoms with Crippen molar-refractivity contribution in [1.29, 1.82) is 0 Å². The van der Waals surface area contributed by atoms with E-state index in [9.17, 15) is 0 Å². The van der Waals surface area contributed by atoms with Crippen LogP contribution < -0.4 is 10.9 Å². The van der Waals surface area contributed by atoms with Gasteiger partial charge in [0.1, 0.15) is 0 Å². The smallest absolute Gasteiger partial charge is 0.0685 e. The Morgan fingerprint density at radius 2 is 1.10 bits per heavy atom. The maximum atomic E-state index is 6.45. The summed E-state index contributed by atoms with van der Waals surface area (Å²) in [6.07, 6.45) is 20.8. The van der Waals surface area contributed by atoms with E-state index in [0.717, 1.165) is 45.3 Å². The average molecular weight is 565 g/mol. The lowest BCUT2D eigenvalue weighted by molar-refractivity contribution is -0.284. The summed E-state index contributed by atoms with van der Waals surface area (Å²) in [5.41, 5.74) is 8.30. The van der Waals surface area contributed by atoms with Gasteiger partial charge in [-0.25, -0.2) is 5.43 Å². The Morgan fingerprint density at radius 1 is 0.650 bits per heavy atom. The number of hydrazine groups is 1. The standard InChI is InChI=1S/C34H68N4O2/c1-11-13-15-17-19-21-23-39-37-31(3,4)25-29(26-32(37,5)6)35-36-30-27-33(7,8)38(34(9,10)28-30)40-24-22-20-18-16-14-12-2/h25,30,35-36H,11-24,26-28H2,1-10H3. The van der Waals surface area contributed by atoms with Crippen molar-refractivity contribution in [2.45, 2.75) is 194 Å². The lowest BCUT2D eigenvalue weighted by atomic mass is 9.79. The summed E-state index contributed by atoms with van der Waals surface area (Å²) in [6, 6.07) is 0.369. The van der Waals surface area contributed by atoms with E-state index in [1.54, 1.807) is 0 Å². The molecular weight excluding hydrogens is 496 g/mol. The summed E-state index contributed by atoms with van der Waals surface area (Å²) in [7, 11) is 0. The van der Waals surface area contributed by atoms with Crippen molar-refractivity contribution in [3.05, 3.63) is 11.8 Å². The van der Waals surface area contributed by atoms with Gasteiger partial charge in [0, 0.05) is 34.8 Å². The molecule has 0 aromatic heterocycles. The van der Waals surface area contributed by atoms with Gasteiger partial charge in [0.2, 0.25) is 0 Å². The fraction of sp³-hybridized carbons (Fsp3) is 0.941. The fourth-order valence-electron chi connectivity index (χ4n) is 7.26. The Bertz CT molecular complexity index is 728. The van der Waals surface area contributed by atoms with Crippen LogP contribution in [0, 0.1) is 0 Å². The van der Waals surface area contributed by atoms with Crippen LogP contribution in [-0.4, -0.2) is 51.5 Å². The van der Waals surface area contributed by atoms with Gasteiger partial charge in [0.05, 0.1) is 18.8 Å². The molecule has 2 aliphatic heterocycles. The number of hydroxylamine groups is 4. The Hall–Kier alpha value is -0.660. The number of nitrogens with zero attached hydrogens (tertiary/aromatic N) is 2. The molecule has 1 fully saturated rings. The molecule has 6 nitrogen and oxygen atoms in total. The molecule has 0 unspecified atom stereocenters. The van der Waals surface area contributed by atoms with Gasteiger partial charge in [-0.15, -0.1) is 0 Å². The summed E-state index contributed by atoms with van der Waals surface area (Å²) in [5, 5.41) is 4.54. The third kappa shape index (κ3) is 11.2. The zero-order valence-corrected chi connectivity index (χ0v) is 28.4. The van der Waals surface area contributed by atoms with E-state index in [1.165, 1.54) is 69.9 Å². The van der Waals surface area contributed by atoms with Crippen LogP contribution in [0.3, 0.4) is 0 Å². The number of hydrogen-bond acceptors (Lipinski definition) is 6. The van der Waals surface area contributed by atoms with E-state index in [0.29, 0.717) is 6.04 Å². The van der Waals surface area contributed by atoms with Crippen LogP contribution in [0.2, 0.25) is 0 Å². The molecule has 0 aromatic rings. The first-order chi connectivity index (χ1) is 18.7. The van der Waals surface area contributed by atoms with Crippen molar-refractivity contribution in [1.82, 2.24) is 21.0 Å². The monoisotopic (exact) mass is 565 g/mol. The van der Waals surface area contributed by atoms with Crippen LogP contribution in [-0.2, 0) is 9.68 Å². The fourth-order valence-corrected chi connectivity index (χ4v) is 7.26. The molecule has 1 saturated heterocycles. The highest BCUT2D eigenvalue weighted by Crippen LogP contribution is 2.40. The molecule has 2 heterocycles. The second-order valence-corrected chi connectivity index (χ2v) is 15.1. The minimum absolute atomic E-state index is 0.0377. The Labute approximate surface area is 249 Å². The molecule has 0 spiro atoms. The first-order valence-corrected chi connectivity index (χ1v) is 16.8. The number of unbranched alkanes of at least 4 members (excludes halogenated alkanes) is 10. The molecule has 0 aliphatic carbocycles. The first kappa shape index (κ1) is 35.5. The average Bonchev–Trinajstić information content (AvgIpc) is 2.83. The van der Waals surface area contributed by atoms with Gasteiger partial charge in [-0.3, -0.25) is 9.68 Å². The molecular formula is C34H68N4O2. The molecule has 2 N–H and O–H groups in total. The lowest BCUT2D eigenvalue weighted by Crippen LogP contribution is -2.65. The molecule has 0 bridgehead atoms. The molecule has 0 saturated carbocycles. The predicted molar refractivity (Wildman–Crippen MR) is 171 cm³/mol. The molecule has 40 heavy (non-hydrogen) atoms. The first-order valence-electron chi connectivity index (χ1n) is 16.8. The van der Waals surface area contributed by atoms with Gasteiger partial charge in [-0.2, -0.15) is 10.1 Å². The van der Waals surface area contributed by atoms with Crippen molar-refractivity contribution in [3.63, 3.8) is 0 Å². The van der Waals surface area contributed by atoms with Crippen LogP contribution in [0.25, 0.3) is 0 Å². The minimum Gasteiger partial charge on any atom is -0.326 e. The van der Waals surface area contributed by atoms with Crippen molar-refractivity contribution in [3.8, 4) is 0 Å². The summed E-state index contributed by atoms with van der Waals surface area (Å²) in [4.78, 5) is 12.9. The minimum atomic E-state index is -0.180. The third-order valence-corrected chi connectivity index (χ3v) is 8.69. The Kier molecular flexibility index (Phi) is 14.4.